The van der Waals surface area contributed by atoms with Crippen LogP contribution in [0, 0.1) is 30.2 Å². The number of amides is 2. The molecule has 3 aromatic rings. The first kappa shape index (κ1) is 21.7. The quantitative estimate of drug-likeness (QED) is 0.477. The molecule has 0 aliphatic heterocycles. The van der Waals surface area contributed by atoms with E-state index in [0.717, 1.165) is 16.8 Å². The highest BCUT2D eigenvalue weighted by molar-refractivity contribution is 5.98. The van der Waals surface area contributed by atoms with Gasteiger partial charge in [0.1, 0.15) is 11.5 Å². The highest BCUT2D eigenvalue weighted by atomic mass is 19.2. The van der Waals surface area contributed by atoms with Crippen LogP contribution in [0.4, 0.5) is 23.2 Å². The lowest BCUT2D eigenvalue weighted by atomic mass is 10.2. The van der Waals surface area contributed by atoms with Crippen molar-refractivity contribution < 1.29 is 27.2 Å². The third-order valence-corrected chi connectivity index (χ3v) is 4.12. The Kier molecular flexibility index (Phi) is 6.14. The van der Waals surface area contributed by atoms with Crippen LogP contribution in [0.2, 0.25) is 0 Å². The molecule has 0 fully saturated rings. The molecule has 7 nitrogen and oxygen atoms in total. The van der Waals surface area contributed by atoms with Gasteiger partial charge in [0.25, 0.3) is 5.91 Å². The number of nitrogens with one attached hydrogen (secondary N) is 2. The Morgan fingerprint density at radius 3 is 2.42 bits per heavy atom. The summed E-state index contributed by atoms with van der Waals surface area (Å²) < 4.78 is 54.9. The third-order valence-electron chi connectivity index (χ3n) is 4.12. The van der Waals surface area contributed by atoms with Crippen LogP contribution in [-0.4, -0.2) is 28.1 Å². The minimum Gasteiger partial charge on any atom is -0.341 e. The van der Waals surface area contributed by atoms with Crippen molar-refractivity contribution in [2.45, 2.75) is 6.92 Å². The molecule has 0 radical (unpaired) electrons. The summed E-state index contributed by atoms with van der Waals surface area (Å²) in [5.74, 6) is -7.45. The van der Waals surface area contributed by atoms with E-state index in [9.17, 15) is 31.9 Å². The Morgan fingerprint density at radius 2 is 1.71 bits per heavy atom. The van der Waals surface area contributed by atoms with Crippen molar-refractivity contribution in [3.8, 4) is 5.69 Å². The number of benzene rings is 2. The van der Waals surface area contributed by atoms with Crippen LogP contribution in [0.25, 0.3) is 5.69 Å². The molecule has 160 valence electrons. The van der Waals surface area contributed by atoms with Gasteiger partial charge in [-0.15, -0.1) is 0 Å². The molecule has 2 amide bonds. The van der Waals surface area contributed by atoms with Gasteiger partial charge in [-0.2, -0.15) is 5.10 Å². The summed E-state index contributed by atoms with van der Waals surface area (Å²) >= 11 is 0. The lowest BCUT2D eigenvalue weighted by Gasteiger charge is -2.12. The number of hydrogen-bond acceptors (Lipinski definition) is 4. The number of para-hydroxylation sites is 1. The molecule has 0 saturated heterocycles. The van der Waals surface area contributed by atoms with Gasteiger partial charge >= 0.3 is 0 Å². The van der Waals surface area contributed by atoms with Crippen molar-refractivity contribution in [2.75, 3.05) is 11.9 Å². The highest BCUT2D eigenvalue weighted by Crippen LogP contribution is 2.19. The predicted molar refractivity (Wildman–Crippen MR) is 102 cm³/mol. The summed E-state index contributed by atoms with van der Waals surface area (Å²) in [6.45, 7) is 0.762. The second kappa shape index (κ2) is 8.78. The van der Waals surface area contributed by atoms with Crippen molar-refractivity contribution in [3.63, 3.8) is 0 Å². The molecule has 1 heterocycles. The monoisotopic (exact) mass is 434 g/mol. The van der Waals surface area contributed by atoms with E-state index < -0.39 is 58.4 Å². The number of aryl methyl sites for hydroxylation is 1. The number of anilines is 1. The smallest absolute Gasteiger partial charge is 0.276 e. The first-order chi connectivity index (χ1) is 14.7. The van der Waals surface area contributed by atoms with Crippen LogP contribution in [0.3, 0.4) is 0 Å². The first-order valence-electron chi connectivity index (χ1n) is 8.76. The van der Waals surface area contributed by atoms with E-state index in [4.69, 9.17) is 0 Å². The van der Waals surface area contributed by atoms with E-state index in [0.29, 0.717) is 6.07 Å². The molecule has 0 bridgehead atoms. The van der Waals surface area contributed by atoms with Crippen LogP contribution < -0.4 is 16.1 Å². The fourth-order valence-electron chi connectivity index (χ4n) is 2.63. The SMILES string of the molecule is Cc1cc(=O)c(C(=O)NCC(=O)Nc2ccc(F)c(F)c2F)nn1-c1ccccc1F. The van der Waals surface area contributed by atoms with Crippen LogP contribution in [0.5, 0.6) is 0 Å². The number of carbonyl (C=O) groups is 2. The van der Waals surface area contributed by atoms with Gasteiger partial charge in [0.05, 0.1) is 12.2 Å². The molecule has 0 aliphatic rings. The van der Waals surface area contributed by atoms with Gasteiger partial charge in [-0.3, -0.25) is 14.4 Å². The van der Waals surface area contributed by atoms with Crippen molar-refractivity contribution in [1.82, 2.24) is 15.1 Å². The molecule has 0 saturated carbocycles. The van der Waals surface area contributed by atoms with Gasteiger partial charge < -0.3 is 10.6 Å². The maximum atomic E-state index is 14.1. The number of aromatic nitrogens is 2. The average molecular weight is 434 g/mol. The van der Waals surface area contributed by atoms with E-state index >= 15 is 0 Å². The van der Waals surface area contributed by atoms with Gasteiger partial charge in [-0.25, -0.2) is 22.2 Å². The van der Waals surface area contributed by atoms with E-state index in [-0.39, 0.29) is 11.4 Å². The largest absolute Gasteiger partial charge is 0.341 e. The van der Waals surface area contributed by atoms with E-state index in [2.05, 4.69) is 10.4 Å². The van der Waals surface area contributed by atoms with Crippen LogP contribution in [0.1, 0.15) is 16.2 Å². The standard InChI is InChI=1S/C20H14F4N4O3/c1-10-8-15(29)19(27-28(10)14-5-3-2-4-11(14)21)20(31)25-9-16(30)26-13-7-6-12(22)17(23)18(13)24/h2-8H,9H2,1H3,(H,25,31)(H,26,30). The second-order valence-electron chi connectivity index (χ2n) is 6.32. The summed E-state index contributed by atoms with van der Waals surface area (Å²) in [6.07, 6.45) is 0. The molecule has 2 N–H and O–H groups in total. The van der Waals surface area contributed by atoms with Gasteiger partial charge in [0.15, 0.2) is 23.1 Å². The Balaban J connectivity index is 1.76. The third kappa shape index (κ3) is 4.60. The fourth-order valence-corrected chi connectivity index (χ4v) is 2.63. The van der Waals surface area contributed by atoms with Gasteiger partial charge in [-0.1, -0.05) is 12.1 Å². The molecule has 1 aromatic heterocycles. The van der Waals surface area contributed by atoms with Crippen molar-refractivity contribution in [3.05, 3.63) is 87.3 Å². The normalized spacial score (nSPS) is 10.6. The zero-order valence-corrected chi connectivity index (χ0v) is 15.9. The molecule has 0 aliphatic carbocycles. The zero-order chi connectivity index (χ0) is 22.7. The summed E-state index contributed by atoms with van der Waals surface area (Å²) in [5.41, 5.74) is -1.75. The molecule has 0 unspecified atom stereocenters. The summed E-state index contributed by atoms with van der Waals surface area (Å²) in [5, 5.41) is 7.94. The van der Waals surface area contributed by atoms with Gasteiger partial charge in [0, 0.05) is 11.8 Å². The highest BCUT2D eigenvalue weighted by Gasteiger charge is 2.19. The molecular formula is C20H14F4N4O3. The summed E-state index contributed by atoms with van der Waals surface area (Å²) in [7, 11) is 0. The van der Waals surface area contributed by atoms with E-state index in [1.165, 1.54) is 25.1 Å². The number of rotatable bonds is 5. The minimum atomic E-state index is -1.76. The van der Waals surface area contributed by atoms with Crippen molar-refractivity contribution >= 4 is 17.5 Å². The Hall–Kier alpha value is -4.02. The Morgan fingerprint density at radius 1 is 1.00 bits per heavy atom. The Bertz CT molecular complexity index is 1240. The van der Waals surface area contributed by atoms with Crippen LogP contribution in [-0.2, 0) is 4.79 Å². The van der Waals surface area contributed by atoms with Crippen molar-refractivity contribution in [1.29, 1.82) is 0 Å². The molecular weight excluding hydrogens is 420 g/mol. The summed E-state index contributed by atoms with van der Waals surface area (Å²) in [6, 6.07) is 8.07. The van der Waals surface area contributed by atoms with E-state index in [1.54, 1.807) is 6.07 Å². The Labute approximate surface area is 172 Å². The first-order valence-corrected chi connectivity index (χ1v) is 8.76. The van der Waals surface area contributed by atoms with Crippen LogP contribution >= 0.6 is 0 Å². The van der Waals surface area contributed by atoms with Crippen LogP contribution in [0.15, 0.2) is 47.3 Å². The number of hydrogen-bond donors (Lipinski definition) is 2. The maximum absolute atomic E-state index is 14.1. The fraction of sp³-hybridized carbons (Fsp3) is 0.100. The topological polar surface area (TPSA) is 93.1 Å². The lowest BCUT2D eigenvalue weighted by molar-refractivity contribution is -0.115. The van der Waals surface area contributed by atoms with Gasteiger partial charge in [-0.05, 0) is 31.2 Å². The molecule has 0 atom stereocenters. The molecule has 0 spiro atoms. The molecule has 3 rings (SSSR count). The number of carbonyl (C=O) groups excluding carboxylic acids is 2. The lowest BCUT2D eigenvalue weighted by Crippen LogP contribution is -2.37. The maximum Gasteiger partial charge on any atom is 0.276 e. The molecule has 11 heteroatoms. The van der Waals surface area contributed by atoms with Gasteiger partial charge in [0.2, 0.25) is 11.3 Å². The minimum absolute atomic E-state index is 0.000560. The predicted octanol–water partition coefficient (Wildman–Crippen LogP) is 2.47. The number of nitrogens with zero attached hydrogens (tertiary/aromatic N) is 2. The zero-order valence-electron chi connectivity index (χ0n) is 15.9. The average Bonchev–Trinajstić information content (AvgIpc) is 2.73. The summed E-state index contributed by atoms with van der Waals surface area (Å²) in [4.78, 5) is 36.4. The number of halogens is 4. The molecule has 31 heavy (non-hydrogen) atoms. The van der Waals surface area contributed by atoms with Crippen molar-refractivity contribution in [2.24, 2.45) is 0 Å². The van der Waals surface area contributed by atoms with E-state index in [1.807, 2.05) is 5.32 Å². The molecule has 2 aromatic carbocycles. The second-order valence-corrected chi connectivity index (χ2v) is 6.32.